The summed E-state index contributed by atoms with van der Waals surface area (Å²) >= 11 is 6.21. The Labute approximate surface area is 118 Å². The zero-order valence-electron chi connectivity index (χ0n) is 11.2. The summed E-state index contributed by atoms with van der Waals surface area (Å²) < 4.78 is 0. The zero-order valence-corrected chi connectivity index (χ0v) is 11.9. The van der Waals surface area contributed by atoms with Crippen LogP contribution in [0.5, 0.6) is 0 Å². The van der Waals surface area contributed by atoms with Gasteiger partial charge in [-0.15, -0.1) is 0 Å². The van der Waals surface area contributed by atoms with Crippen molar-refractivity contribution in [3.8, 4) is 0 Å². The van der Waals surface area contributed by atoms with Crippen LogP contribution < -0.4 is 11.1 Å². The Kier molecular flexibility index (Phi) is 4.80. The second kappa shape index (κ2) is 6.37. The number of halogens is 1. The molecule has 1 aliphatic heterocycles. The minimum atomic E-state index is -0.443. The van der Waals surface area contributed by atoms with Crippen LogP contribution in [0.15, 0.2) is 18.2 Å². The molecule has 19 heavy (non-hydrogen) atoms. The highest BCUT2D eigenvalue weighted by Crippen LogP contribution is 2.21. The van der Waals surface area contributed by atoms with Crippen LogP contribution >= 0.6 is 11.6 Å². The van der Waals surface area contributed by atoms with Gasteiger partial charge >= 0.3 is 0 Å². The maximum atomic E-state index is 11.1. The summed E-state index contributed by atoms with van der Waals surface area (Å²) in [5.41, 5.74) is 6.74. The van der Waals surface area contributed by atoms with E-state index in [2.05, 4.69) is 10.2 Å². The minimum absolute atomic E-state index is 0.443. The molecule has 1 aromatic carbocycles. The lowest BCUT2D eigenvalue weighted by atomic mass is 10.0. The molecule has 1 aliphatic rings. The number of hydrogen-bond acceptors (Lipinski definition) is 3. The molecule has 0 aromatic heterocycles. The number of likely N-dealkylation sites (N-methyl/N-ethyl adjacent to an activating group) is 1. The highest BCUT2D eigenvalue weighted by molar-refractivity contribution is 6.31. The first kappa shape index (κ1) is 14.3. The van der Waals surface area contributed by atoms with Gasteiger partial charge in [0.1, 0.15) is 0 Å². The maximum Gasteiger partial charge on any atom is 0.248 e. The first-order valence-corrected chi connectivity index (χ1v) is 6.96. The van der Waals surface area contributed by atoms with Crippen LogP contribution in [-0.2, 0) is 6.54 Å². The van der Waals surface area contributed by atoms with Crippen LogP contribution in [0.2, 0.25) is 5.02 Å². The van der Waals surface area contributed by atoms with Crippen LogP contribution in [-0.4, -0.2) is 37.0 Å². The number of carbonyl (C=O) groups is 1. The number of carbonyl (C=O) groups excluding carboxylic acids is 1. The Balaban J connectivity index is 2.04. The summed E-state index contributed by atoms with van der Waals surface area (Å²) in [5.74, 6) is -0.443. The SMILES string of the molecule is CNC1CCCN(Cc2ccc(C(N)=O)cc2Cl)C1. The normalized spacial score (nSPS) is 20.4. The van der Waals surface area contributed by atoms with Gasteiger partial charge in [-0.1, -0.05) is 17.7 Å². The van der Waals surface area contributed by atoms with Gasteiger partial charge in [0, 0.05) is 29.7 Å². The molecular formula is C14H20ClN3O. The average Bonchev–Trinajstić information content (AvgIpc) is 2.41. The van der Waals surface area contributed by atoms with E-state index < -0.39 is 5.91 Å². The van der Waals surface area contributed by atoms with E-state index >= 15 is 0 Å². The molecule has 0 aliphatic carbocycles. The van der Waals surface area contributed by atoms with Crippen LogP contribution in [0.1, 0.15) is 28.8 Å². The molecule has 4 nitrogen and oxygen atoms in total. The molecule has 1 saturated heterocycles. The topological polar surface area (TPSA) is 58.4 Å². The fourth-order valence-electron chi connectivity index (χ4n) is 2.50. The van der Waals surface area contributed by atoms with Crippen molar-refractivity contribution in [2.24, 2.45) is 5.73 Å². The Hall–Kier alpha value is -1.10. The predicted molar refractivity (Wildman–Crippen MR) is 77.3 cm³/mol. The van der Waals surface area contributed by atoms with E-state index in [1.807, 2.05) is 13.1 Å². The Morgan fingerprint density at radius 2 is 2.37 bits per heavy atom. The quantitative estimate of drug-likeness (QED) is 0.882. The van der Waals surface area contributed by atoms with E-state index in [4.69, 9.17) is 17.3 Å². The van der Waals surface area contributed by atoms with Crippen molar-refractivity contribution in [2.45, 2.75) is 25.4 Å². The molecule has 1 fully saturated rings. The van der Waals surface area contributed by atoms with Crippen LogP contribution in [0.25, 0.3) is 0 Å². The van der Waals surface area contributed by atoms with Crippen molar-refractivity contribution in [3.63, 3.8) is 0 Å². The van der Waals surface area contributed by atoms with Gasteiger partial charge in [-0.2, -0.15) is 0 Å². The molecule has 0 saturated carbocycles. The molecule has 1 unspecified atom stereocenters. The van der Waals surface area contributed by atoms with Gasteiger partial charge in [-0.05, 0) is 44.1 Å². The number of nitrogens with zero attached hydrogens (tertiary/aromatic N) is 1. The second-order valence-corrected chi connectivity index (χ2v) is 5.44. The molecule has 1 aromatic rings. The van der Waals surface area contributed by atoms with Crippen molar-refractivity contribution in [3.05, 3.63) is 34.3 Å². The molecule has 2 rings (SSSR count). The third-order valence-corrected chi connectivity index (χ3v) is 4.00. The lowest BCUT2D eigenvalue weighted by Gasteiger charge is -2.32. The van der Waals surface area contributed by atoms with Crippen LogP contribution in [0.3, 0.4) is 0 Å². The summed E-state index contributed by atoms with van der Waals surface area (Å²) in [5, 5.41) is 3.94. The molecule has 3 N–H and O–H groups in total. The van der Waals surface area contributed by atoms with Gasteiger partial charge in [0.05, 0.1) is 0 Å². The van der Waals surface area contributed by atoms with Gasteiger partial charge in [-0.25, -0.2) is 0 Å². The second-order valence-electron chi connectivity index (χ2n) is 5.03. The highest BCUT2D eigenvalue weighted by Gasteiger charge is 2.19. The molecule has 5 heteroatoms. The van der Waals surface area contributed by atoms with E-state index in [9.17, 15) is 4.79 Å². The average molecular weight is 282 g/mol. The molecule has 1 atom stereocenters. The van der Waals surface area contributed by atoms with Gasteiger partial charge in [0.25, 0.3) is 0 Å². The third kappa shape index (κ3) is 3.69. The van der Waals surface area contributed by atoms with Crippen LogP contribution in [0.4, 0.5) is 0 Å². The predicted octanol–water partition coefficient (Wildman–Crippen LogP) is 1.62. The van der Waals surface area contributed by atoms with E-state index in [0.29, 0.717) is 16.6 Å². The van der Waals surface area contributed by atoms with Crippen molar-refractivity contribution in [1.82, 2.24) is 10.2 Å². The maximum absolute atomic E-state index is 11.1. The number of likely N-dealkylation sites (tertiary alicyclic amines) is 1. The fourth-order valence-corrected chi connectivity index (χ4v) is 2.74. The summed E-state index contributed by atoms with van der Waals surface area (Å²) in [6, 6.07) is 5.84. The first-order chi connectivity index (χ1) is 9.10. The van der Waals surface area contributed by atoms with E-state index in [1.54, 1.807) is 12.1 Å². The van der Waals surface area contributed by atoms with E-state index in [1.165, 1.54) is 12.8 Å². The molecule has 104 valence electrons. The summed E-state index contributed by atoms with van der Waals surface area (Å²) in [7, 11) is 2.00. The first-order valence-electron chi connectivity index (χ1n) is 6.58. The molecule has 0 radical (unpaired) electrons. The van der Waals surface area contributed by atoms with Crippen molar-refractivity contribution < 1.29 is 4.79 Å². The molecule has 1 heterocycles. The number of amides is 1. The number of rotatable bonds is 4. The number of nitrogens with two attached hydrogens (primary N) is 1. The Morgan fingerprint density at radius 1 is 1.58 bits per heavy atom. The largest absolute Gasteiger partial charge is 0.366 e. The van der Waals surface area contributed by atoms with Gasteiger partial charge in [-0.3, -0.25) is 9.69 Å². The zero-order chi connectivity index (χ0) is 13.8. The lowest BCUT2D eigenvalue weighted by Crippen LogP contribution is -2.43. The van der Waals surface area contributed by atoms with Gasteiger partial charge < -0.3 is 11.1 Å². The Bertz CT molecular complexity index is 464. The van der Waals surface area contributed by atoms with Crippen molar-refractivity contribution in [2.75, 3.05) is 20.1 Å². The number of benzene rings is 1. The summed E-state index contributed by atoms with van der Waals surface area (Å²) in [6.45, 7) is 2.94. The number of primary amides is 1. The van der Waals surface area contributed by atoms with E-state index in [0.717, 1.165) is 25.2 Å². The molecular weight excluding hydrogens is 262 g/mol. The van der Waals surface area contributed by atoms with Gasteiger partial charge in [0.2, 0.25) is 5.91 Å². The fraction of sp³-hybridized carbons (Fsp3) is 0.500. The number of nitrogens with one attached hydrogen (secondary N) is 1. The molecule has 1 amide bonds. The van der Waals surface area contributed by atoms with Gasteiger partial charge in [0.15, 0.2) is 0 Å². The highest BCUT2D eigenvalue weighted by atomic mass is 35.5. The Morgan fingerprint density at radius 3 is 3.00 bits per heavy atom. The lowest BCUT2D eigenvalue weighted by molar-refractivity contribution is 0.100. The number of piperidine rings is 1. The standard InChI is InChI=1S/C14H20ClN3O/c1-17-12-3-2-6-18(9-12)8-11-5-4-10(14(16)19)7-13(11)15/h4-5,7,12,17H,2-3,6,8-9H2,1H3,(H2,16,19). The molecule has 0 bridgehead atoms. The third-order valence-electron chi connectivity index (χ3n) is 3.65. The minimum Gasteiger partial charge on any atom is -0.366 e. The summed E-state index contributed by atoms with van der Waals surface area (Å²) in [6.07, 6.45) is 2.42. The monoisotopic (exact) mass is 281 g/mol. The van der Waals surface area contributed by atoms with E-state index in [-0.39, 0.29) is 0 Å². The summed E-state index contributed by atoms with van der Waals surface area (Å²) in [4.78, 5) is 13.5. The smallest absolute Gasteiger partial charge is 0.248 e. The number of hydrogen-bond donors (Lipinski definition) is 2. The molecule has 0 spiro atoms. The van der Waals surface area contributed by atoms with Crippen molar-refractivity contribution >= 4 is 17.5 Å². The van der Waals surface area contributed by atoms with Crippen molar-refractivity contribution in [1.29, 1.82) is 0 Å². The van der Waals surface area contributed by atoms with Crippen LogP contribution in [0, 0.1) is 0 Å².